The van der Waals surface area contributed by atoms with Gasteiger partial charge in [-0.2, -0.15) is 0 Å². The number of pyridine rings is 1. The highest BCUT2D eigenvalue weighted by Gasteiger charge is 2.27. The number of aromatic nitrogens is 1. The minimum atomic E-state index is 0.193. The normalized spacial score (nSPS) is 15.3. The van der Waals surface area contributed by atoms with E-state index in [-0.39, 0.29) is 11.3 Å². The summed E-state index contributed by atoms with van der Waals surface area (Å²) in [6, 6.07) is 2.18. The lowest BCUT2D eigenvalue weighted by atomic mass is 9.99. The van der Waals surface area contributed by atoms with E-state index < -0.39 is 0 Å². The predicted octanol–water partition coefficient (Wildman–Crippen LogP) is 4.93. The number of anilines is 1. The van der Waals surface area contributed by atoms with Gasteiger partial charge in [-0.1, -0.05) is 34.1 Å². The maximum Gasteiger partial charge on any atom is 0.129 e. The summed E-state index contributed by atoms with van der Waals surface area (Å²) in [6.45, 7) is 19.7. The third-order valence-corrected chi connectivity index (χ3v) is 4.26. The Bertz CT molecular complexity index is 526. The van der Waals surface area contributed by atoms with Gasteiger partial charge in [0.05, 0.1) is 0 Å². The molecule has 1 aromatic heterocycles. The minimum absolute atomic E-state index is 0.193. The topological polar surface area (TPSA) is 45.2 Å². The molecule has 4 nitrogen and oxygen atoms in total. The summed E-state index contributed by atoms with van der Waals surface area (Å²) >= 11 is 0. The van der Waals surface area contributed by atoms with Crippen molar-refractivity contribution in [3.8, 4) is 0 Å². The number of Topliss-reactive ketones (excluding diaryl/α,β-unsaturated/α-hetero) is 1. The van der Waals surface area contributed by atoms with E-state index in [2.05, 4.69) is 49.0 Å². The van der Waals surface area contributed by atoms with Gasteiger partial charge in [-0.05, 0) is 52.2 Å². The molecule has 150 valence electrons. The standard InChI is InChI=1S/C15H25N3.C5H10O.C2H6/c1-5-6-13-12(2)16-8-7-14(13)18-10-9-17-15(3,4)11-18;1-3-4-5(2)6;1-2/h7-8,17H,5-6,9-11H2,1-4H3;3-4H2,1-2H3;1-2H3. The molecule has 4 heteroatoms. The monoisotopic (exact) mass is 363 g/mol. The first kappa shape index (κ1) is 24.6. The molecule has 1 aromatic rings. The number of rotatable bonds is 5. The van der Waals surface area contributed by atoms with E-state index in [9.17, 15) is 4.79 Å². The van der Waals surface area contributed by atoms with E-state index in [1.807, 2.05) is 27.0 Å². The van der Waals surface area contributed by atoms with Crippen LogP contribution in [0.1, 0.15) is 79.0 Å². The number of carbonyl (C=O) groups excluding carboxylic acids is 1. The lowest BCUT2D eigenvalue weighted by Gasteiger charge is -2.41. The van der Waals surface area contributed by atoms with Crippen molar-refractivity contribution in [3.05, 3.63) is 23.5 Å². The Balaban J connectivity index is 0.000000667. The molecule has 0 amide bonds. The number of hydrogen-bond acceptors (Lipinski definition) is 4. The van der Waals surface area contributed by atoms with E-state index in [1.165, 1.54) is 23.4 Å². The quantitative estimate of drug-likeness (QED) is 0.805. The average Bonchev–Trinajstić information content (AvgIpc) is 2.58. The van der Waals surface area contributed by atoms with Crippen LogP contribution in [-0.4, -0.2) is 35.9 Å². The van der Waals surface area contributed by atoms with Crippen LogP contribution in [0.15, 0.2) is 12.3 Å². The summed E-state index contributed by atoms with van der Waals surface area (Å²) in [5, 5.41) is 3.57. The van der Waals surface area contributed by atoms with Gasteiger partial charge in [0.2, 0.25) is 0 Å². The molecule has 2 rings (SSSR count). The van der Waals surface area contributed by atoms with Gasteiger partial charge in [-0.3, -0.25) is 4.98 Å². The van der Waals surface area contributed by atoms with E-state index in [0.29, 0.717) is 0 Å². The Hall–Kier alpha value is -1.42. The molecule has 0 radical (unpaired) electrons. The van der Waals surface area contributed by atoms with Crippen molar-refractivity contribution in [1.82, 2.24) is 10.3 Å². The van der Waals surface area contributed by atoms with Crippen molar-refractivity contribution < 1.29 is 4.79 Å². The third kappa shape index (κ3) is 8.79. The first-order chi connectivity index (χ1) is 12.3. The van der Waals surface area contributed by atoms with Crippen LogP contribution >= 0.6 is 0 Å². The van der Waals surface area contributed by atoms with Crippen LogP contribution in [0.4, 0.5) is 5.69 Å². The molecule has 1 fully saturated rings. The Morgan fingerprint density at radius 3 is 2.38 bits per heavy atom. The fourth-order valence-electron chi connectivity index (χ4n) is 3.14. The number of nitrogens with one attached hydrogen (secondary N) is 1. The van der Waals surface area contributed by atoms with Gasteiger partial charge in [0.25, 0.3) is 0 Å². The third-order valence-electron chi connectivity index (χ3n) is 4.26. The van der Waals surface area contributed by atoms with Gasteiger partial charge >= 0.3 is 0 Å². The van der Waals surface area contributed by atoms with Crippen molar-refractivity contribution in [2.24, 2.45) is 0 Å². The number of piperazine rings is 1. The maximum atomic E-state index is 10.0. The van der Waals surface area contributed by atoms with Crippen LogP contribution < -0.4 is 10.2 Å². The molecule has 1 N–H and O–H groups in total. The molecule has 1 saturated heterocycles. The molecule has 0 atom stereocenters. The van der Waals surface area contributed by atoms with E-state index in [4.69, 9.17) is 0 Å². The molecular weight excluding hydrogens is 322 g/mol. The van der Waals surface area contributed by atoms with Crippen molar-refractivity contribution in [3.63, 3.8) is 0 Å². The molecule has 2 heterocycles. The van der Waals surface area contributed by atoms with Gasteiger partial charge in [0.15, 0.2) is 0 Å². The zero-order chi connectivity index (χ0) is 20.2. The van der Waals surface area contributed by atoms with E-state index >= 15 is 0 Å². The molecule has 0 aromatic carbocycles. The fraction of sp³-hybridized carbons (Fsp3) is 0.727. The van der Waals surface area contributed by atoms with Crippen LogP contribution in [0.3, 0.4) is 0 Å². The van der Waals surface area contributed by atoms with Crippen molar-refractivity contribution in [1.29, 1.82) is 0 Å². The van der Waals surface area contributed by atoms with Gasteiger partial charge in [0.1, 0.15) is 5.78 Å². The van der Waals surface area contributed by atoms with Crippen molar-refractivity contribution in [2.45, 2.75) is 86.6 Å². The predicted molar refractivity (Wildman–Crippen MR) is 114 cm³/mol. The molecule has 1 aliphatic heterocycles. The minimum Gasteiger partial charge on any atom is -0.368 e. The average molecular weight is 364 g/mol. The molecule has 0 bridgehead atoms. The molecule has 26 heavy (non-hydrogen) atoms. The summed E-state index contributed by atoms with van der Waals surface area (Å²) in [4.78, 5) is 17.0. The largest absolute Gasteiger partial charge is 0.368 e. The first-order valence-corrected chi connectivity index (χ1v) is 10.2. The molecule has 1 aliphatic rings. The number of aryl methyl sites for hydroxylation is 1. The lowest BCUT2D eigenvalue weighted by Crippen LogP contribution is -2.57. The van der Waals surface area contributed by atoms with E-state index in [0.717, 1.165) is 38.9 Å². The highest BCUT2D eigenvalue weighted by atomic mass is 16.1. The first-order valence-electron chi connectivity index (χ1n) is 10.2. The van der Waals surface area contributed by atoms with Crippen LogP contribution in [0.25, 0.3) is 0 Å². The fourth-order valence-corrected chi connectivity index (χ4v) is 3.14. The number of hydrogen-bond donors (Lipinski definition) is 1. The van der Waals surface area contributed by atoms with Crippen LogP contribution in [-0.2, 0) is 11.2 Å². The Kier molecular flexibility index (Phi) is 12.2. The highest BCUT2D eigenvalue weighted by molar-refractivity contribution is 5.75. The highest BCUT2D eigenvalue weighted by Crippen LogP contribution is 2.26. The smallest absolute Gasteiger partial charge is 0.129 e. The SMILES string of the molecule is CC.CCCC(C)=O.CCCc1c(N2CCNC(C)(C)C2)ccnc1C. The molecule has 0 unspecified atom stereocenters. The Labute approximate surface area is 161 Å². The summed E-state index contributed by atoms with van der Waals surface area (Å²) in [7, 11) is 0. The summed E-state index contributed by atoms with van der Waals surface area (Å²) in [5.74, 6) is 0.289. The van der Waals surface area contributed by atoms with Crippen molar-refractivity contribution in [2.75, 3.05) is 24.5 Å². The van der Waals surface area contributed by atoms with Crippen LogP contribution in [0, 0.1) is 6.92 Å². The molecular formula is C22H41N3O. The van der Waals surface area contributed by atoms with E-state index in [1.54, 1.807) is 6.92 Å². The van der Waals surface area contributed by atoms with Gasteiger partial charge in [-0.15, -0.1) is 0 Å². The molecule has 0 saturated carbocycles. The Morgan fingerprint density at radius 1 is 1.27 bits per heavy atom. The molecule has 0 aliphatic carbocycles. The summed E-state index contributed by atoms with van der Waals surface area (Å²) in [5.41, 5.74) is 4.20. The van der Waals surface area contributed by atoms with Crippen LogP contribution in [0.2, 0.25) is 0 Å². The summed E-state index contributed by atoms with van der Waals surface area (Å²) < 4.78 is 0. The second-order valence-electron chi connectivity index (χ2n) is 7.33. The Morgan fingerprint density at radius 2 is 1.92 bits per heavy atom. The lowest BCUT2D eigenvalue weighted by molar-refractivity contribution is -0.117. The van der Waals surface area contributed by atoms with Gasteiger partial charge in [0, 0.05) is 49.2 Å². The zero-order valence-electron chi connectivity index (χ0n) is 18.4. The number of ketones is 1. The zero-order valence-corrected chi connectivity index (χ0v) is 18.4. The maximum absolute atomic E-state index is 10.0. The van der Waals surface area contributed by atoms with Crippen LogP contribution in [0.5, 0.6) is 0 Å². The second-order valence-corrected chi connectivity index (χ2v) is 7.33. The van der Waals surface area contributed by atoms with Crippen molar-refractivity contribution >= 4 is 11.5 Å². The second kappa shape index (κ2) is 12.9. The van der Waals surface area contributed by atoms with Gasteiger partial charge in [-0.25, -0.2) is 0 Å². The summed E-state index contributed by atoms with van der Waals surface area (Å²) in [6.07, 6.45) is 5.96. The molecule has 0 spiro atoms. The number of nitrogens with zero attached hydrogens (tertiary/aromatic N) is 2. The number of carbonyl (C=O) groups is 1. The van der Waals surface area contributed by atoms with Gasteiger partial charge < -0.3 is 15.0 Å².